The van der Waals surface area contributed by atoms with Crippen LogP contribution in [0.25, 0.3) is 11.4 Å². The number of fused-ring (bicyclic) bond motifs is 1. The van der Waals surface area contributed by atoms with E-state index in [1.807, 2.05) is 30.3 Å². The molecule has 1 aromatic heterocycles. The van der Waals surface area contributed by atoms with E-state index in [0.717, 1.165) is 53.7 Å². The molecule has 1 unspecified atom stereocenters. The second-order valence-corrected chi connectivity index (χ2v) is 11.2. The summed E-state index contributed by atoms with van der Waals surface area (Å²) >= 11 is 3.44. The second-order valence-electron chi connectivity index (χ2n) is 10.2. The van der Waals surface area contributed by atoms with Crippen LogP contribution in [-0.4, -0.2) is 39.6 Å². The van der Waals surface area contributed by atoms with Crippen molar-refractivity contribution in [2.75, 3.05) is 13.1 Å². The number of ether oxygens (including phenoxy) is 1. The standard InChI is InChI=1S/C27H31BrN4O3/c1-17-4-9-23-21(14-17)22(15-27(2,3)34-23)29-26(33)19-10-12-32(13-11-19)16-24-30-25(31-35-24)18-5-7-20(28)8-6-18/h4-9,14,19,22H,10-13,15-16H2,1-3H3,(H,29,33). The summed E-state index contributed by atoms with van der Waals surface area (Å²) in [7, 11) is 0. The molecular formula is C27H31BrN4O3. The Labute approximate surface area is 214 Å². The Morgan fingerprint density at radius 1 is 1.17 bits per heavy atom. The van der Waals surface area contributed by atoms with Gasteiger partial charge < -0.3 is 14.6 Å². The van der Waals surface area contributed by atoms with Gasteiger partial charge in [0.15, 0.2) is 0 Å². The van der Waals surface area contributed by atoms with Crippen molar-refractivity contribution in [1.82, 2.24) is 20.4 Å². The third-order valence-electron chi connectivity index (χ3n) is 6.83. The van der Waals surface area contributed by atoms with Gasteiger partial charge in [0, 0.05) is 27.9 Å². The maximum Gasteiger partial charge on any atom is 0.241 e. The van der Waals surface area contributed by atoms with Gasteiger partial charge in [-0.3, -0.25) is 9.69 Å². The van der Waals surface area contributed by atoms with Crippen LogP contribution in [0.2, 0.25) is 0 Å². The smallest absolute Gasteiger partial charge is 0.241 e. The van der Waals surface area contributed by atoms with Crippen molar-refractivity contribution >= 4 is 21.8 Å². The average Bonchev–Trinajstić information content (AvgIpc) is 3.28. The first-order chi connectivity index (χ1) is 16.8. The van der Waals surface area contributed by atoms with Crippen LogP contribution >= 0.6 is 15.9 Å². The third kappa shape index (κ3) is 5.59. The van der Waals surface area contributed by atoms with E-state index in [4.69, 9.17) is 9.26 Å². The molecule has 0 radical (unpaired) electrons. The summed E-state index contributed by atoms with van der Waals surface area (Å²) in [5.74, 6) is 2.20. The summed E-state index contributed by atoms with van der Waals surface area (Å²) in [5.41, 5.74) is 2.85. The molecule has 7 nitrogen and oxygen atoms in total. The van der Waals surface area contributed by atoms with Gasteiger partial charge in [-0.05, 0) is 77.0 Å². The molecule has 184 valence electrons. The van der Waals surface area contributed by atoms with Gasteiger partial charge in [-0.2, -0.15) is 4.98 Å². The minimum atomic E-state index is -0.317. The minimum absolute atomic E-state index is 0.00600. The van der Waals surface area contributed by atoms with Crippen molar-refractivity contribution in [3.8, 4) is 17.1 Å². The Bertz CT molecular complexity index is 1200. The summed E-state index contributed by atoms with van der Waals surface area (Å²) in [5, 5.41) is 7.46. The Hall–Kier alpha value is -2.71. The number of likely N-dealkylation sites (tertiary alicyclic amines) is 1. The molecule has 0 saturated carbocycles. The van der Waals surface area contributed by atoms with Crippen LogP contribution in [0.4, 0.5) is 0 Å². The van der Waals surface area contributed by atoms with Gasteiger partial charge in [-0.15, -0.1) is 0 Å². The molecule has 2 aliphatic rings. The average molecular weight is 539 g/mol. The summed E-state index contributed by atoms with van der Waals surface area (Å²) in [6, 6.07) is 14.0. The molecule has 3 aromatic rings. The minimum Gasteiger partial charge on any atom is -0.487 e. The molecule has 0 aliphatic carbocycles. The van der Waals surface area contributed by atoms with Crippen molar-refractivity contribution in [3.05, 3.63) is 64.0 Å². The molecule has 0 spiro atoms. The zero-order valence-corrected chi connectivity index (χ0v) is 22.0. The van der Waals surface area contributed by atoms with E-state index in [0.29, 0.717) is 18.3 Å². The first kappa shape index (κ1) is 24.0. The molecule has 2 aromatic carbocycles. The number of aromatic nitrogens is 2. The van der Waals surface area contributed by atoms with Crippen LogP contribution in [0.15, 0.2) is 51.5 Å². The van der Waals surface area contributed by atoms with Crippen molar-refractivity contribution in [2.24, 2.45) is 5.92 Å². The van der Waals surface area contributed by atoms with Crippen molar-refractivity contribution in [1.29, 1.82) is 0 Å². The molecule has 5 rings (SSSR count). The predicted octanol–water partition coefficient (Wildman–Crippen LogP) is 5.44. The Balaban J connectivity index is 1.16. The Kier molecular flexibility index (Phi) is 6.68. The highest BCUT2D eigenvalue weighted by molar-refractivity contribution is 9.10. The van der Waals surface area contributed by atoms with Gasteiger partial charge >= 0.3 is 0 Å². The number of hydrogen-bond acceptors (Lipinski definition) is 6. The highest BCUT2D eigenvalue weighted by Crippen LogP contribution is 2.40. The van der Waals surface area contributed by atoms with Gasteiger partial charge in [0.25, 0.3) is 0 Å². The van der Waals surface area contributed by atoms with Gasteiger partial charge in [-0.1, -0.05) is 38.8 Å². The summed E-state index contributed by atoms with van der Waals surface area (Å²) in [6.45, 7) is 8.46. The molecule has 2 aliphatic heterocycles. The zero-order chi connectivity index (χ0) is 24.6. The Morgan fingerprint density at radius 3 is 2.66 bits per heavy atom. The molecule has 1 atom stereocenters. The number of hydrogen-bond donors (Lipinski definition) is 1. The summed E-state index contributed by atoms with van der Waals surface area (Å²) in [6.07, 6.45) is 2.38. The molecule has 1 fully saturated rings. The van der Waals surface area contributed by atoms with Gasteiger partial charge in [0.2, 0.25) is 17.6 Å². The predicted molar refractivity (Wildman–Crippen MR) is 137 cm³/mol. The lowest BCUT2D eigenvalue weighted by atomic mass is 9.88. The molecule has 1 N–H and O–H groups in total. The summed E-state index contributed by atoms with van der Waals surface area (Å²) in [4.78, 5) is 20.0. The van der Waals surface area contributed by atoms with Crippen molar-refractivity contribution < 1.29 is 14.1 Å². The molecule has 0 bridgehead atoms. The van der Waals surface area contributed by atoms with Crippen LogP contribution in [0.5, 0.6) is 5.75 Å². The van der Waals surface area contributed by atoms with Crippen LogP contribution < -0.4 is 10.1 Å². The van der Waals surface area contributed by atoms with Gasteiger partial charge in [0.1, 0.15) is 11.4 Å². The number of carbonyl (C=O) groups excluding carboxylic acids is 1. The molecular weight excluding hydrogens is 508 g/mol. The quantitative estimate of drug-likeness (QED) is 0.465. The number of amides is 1. The number of rotatable bonds is 5. The van der Waals surface area contributed by atoms with Gasteiger partial charge in [0.05, 0.1) is 12.6 Å². The largest absolute Gasteiger partial charge is 0.487 e. The van der Waals surface area contributed by atoms with Gasteiger partial charge in [-0.25, -0.2) is 0 Å². The highest BCUT2D eigenvalue weighted by Gasteiger charge is 2.36. The number of nitrogens with zero attached hydrogens (tertiary/aromatic N) is 3. The molecule has 8 heteroatoms. The SMILES string of the molecule is Cc1ccc2c(c1)C(NC(=O)C1CCN(Cc3nc(-c4ccc(Br)cc4)no3)CC1)CC(C)(C)O2. The Morgan fingerprint density at radius 2 is 1.91 bits per heavy atom. The number of benzene rings is 2. The number of carbonyl (C=O) groups is 1. The lowest BCUT2D eigenvalue weighted by Crippen LogP contribution is -2.45. The lowest BCUT2D eigenvalue weighted by Gasteiger charge is -2.39. The highest BCUT2D eigenvalue weighted by atomic mass is 79.9. The zero-order valence-electron chi connectivity index (χ0n) is 20.4. The van der Waals surface area contributed by atoms with Crippen molar-refractivity contribution in [2.45, 2.75) is 58.2 Å². The van der Waals surface area contributed by atoms with E-state index < -0.39 is 0 Å². The summed E-state index contributed by atoms with van der Waals surface area (Å²) < 4.78 is 12.7. The maximum absolute atomic E-state index is 13.2. The fourth-order valence-corrected chi connectivity index (χ4v) is 5.24. The molecule has 3 heterocycles. The van der Waals surface area contributed by atoms with E-state index in [9.17, 15) is 4.79 Å². The van der Waals surface area contributed by atoms with E-state index in [-0.39, 0.29) is 23.5 Å². The second kappa shape index (κ2) is 9.74. The number of nitrogens with one attached hydrogen (secondary N) is 1. The fraction of sp³-hybridized carbons (Fsp3) is 0.444. The normalized spacial score (nSPS) is 20.2. The number of piperidine rings is 1. The van der Waals surface area contributed by atoms with Crippen LogP contribution in [0, 0.1) is 12.8 Å². The first-order valence-corrected chi connectivity index (χ1v) is 13.0. The van der Waals surface area contributed by atoms with E-state index in [1.165, 1.54) is 5.56 Å². The van der Waals surface area contributed by atoms with Crippen LogP contribution in [0.1, 0.15) is 56.2 Å². The molecule has 1 amide bonds. The number of aryl methyl sites for hydroxylation is 1. The monoisotopic (exact) mass is 538 g/mol. The number of halogens is 1. The fourth-order valence-electron chi connectivity index (χ4n) is 4.97. The molecule has 35 heavy (non-hydrogen) atoms. The van der Waals surface area contributed by atoms with E-state index >= 15 is 0 Å². The first-order valence-electron chi connectivity index (χ1n) is 12.2. The third-order valence-corrected chi connectivity index (χ3v) is 7.36. The van der Waals surface area contributed by atoms with Crippen LogP contribution in [0.3, 0.4) is 0 Å². The van der Waals surface area contributed by atoms with E-state index in [2.05, 4.69) is 69.2 Å². The maximum atomic E-state index is 13.2. The lowest BCUT2D eigenvalue weighted by molar-refractivity contribution is -0.127. The van der Waals surface area contributed by atoms with Crippen LogP contribution in [-0.2, 0) is 11.3 Å². The van der Waals surface area contributed by atoms with Crippen molar-refractivity contribution in [3.63, 3.8) is 0 Å². The topological polar surface area (TPSA) is 80.5 Å². The van der Waals surface area contributed by atoms with E-state index in [1.54, 1.807) is 0 Å². The molecule has 1 saturated heterocycles.